The van der Waals surface area contributed by atoms with Crippen LogP contribution in [0.1, 0.15) is 76.7 Å². The molecule has 186 valence electrons. The summed E-state index contributed by atoms with van der Waals surface area (Å²) in [6.07, 6.45) is 9.30. The summed E-state index contributed by atoms with van der Waals surface area (Å²) < 4.78 is 0. The van der Waals surface area contributed by atoms with Gasteiger partial charge in [0.05, 0.1) is 5.41 Å². The Bertz CT molecular complexity index is 861. The summed E-state index contributed by atoms with van der Waals surface area (Å²) in [6, 6.07) is 9.94. The van der Waals surface area contributed by atoms with Crippen LogP contribution in [-0.4, -0.2) is 71.7 Å². The highest BCUT2D eigenvalue weighted by atomic mass is 16.2. The number of nitrogens with zero attached hydrogens (tertiary/aromatic N) is 3. The van der Waals surface area contributed by atoms with Crippen LogP contribution in [0.5, 0.6) is 0 Å². The normalized spacial score (nSPS) is 25.2. The SMILES string of the molecule is CC(CCN(C)C(=O)CC1(c2ccccc2)CC(=O)N(CC2CCCCC2)C1=O)N1CCCC1. The molecule has 34 heavy (non-hydrogen) atoms. The fourth-order valence-corrected chi connectivity index (χ4v) is 6.10. The van der Waals surface area contributed by atoms with Gasteiger partial charge in [-0.2, -0.15) is 0 Å². The Labute approximate surface area is 204 Å². The first-order valence-electron chi connectivity index (χ1n) is 13.3. The molecule has 6 heteroatoms. The van der Waals surface area contributed by atoms with Crippen molar-refractivity contribution in [1.29, 1.82) is 0 Å². The van der Waals surface area contributed by atoms with Crippen molar-refractivity contribution in [1.82, 2.24) is 14.7 Å². The van der Waals surface area contributed by atoms with Gasteiger partial charge in [-0.25, -0.2) is 0 Å². The third-order valence-corrected chi connectivity index (χ3v) is 8.43. The first-order chi connectivity index (χ1) is 16.4. The van der Waals surface area contributed by atoms with Crippen LogP contribution in [0.3, 0.4) is 0 Å². The molecule has 0 aromatic heterocycles. The van der Waals surface area contributed by atoms with Gasteiger partial charge in [0.2, 0.25) is 17.7 Å². The lowest BCUT2D eigenvalue weighted by atomic mass is 9.75. The molecule has 0 spiro atoms. The van der Waals surface area contributed by atoms with E-state index in [9.17, 15) is 14.4 Å². The van der Waals surface area contributed by atoms with E-state index >= 15 is 0 Å². The van der Waals surface area contributed by atoms with E-state index < -0.39 is 5.41 Å². The Morgan fingerprint density at radius 2 is 1.74 bits per heavy atom. The predicted octanol–water partition coefficient (Wildman–Crippen LogP) is 3.99. The molecule has 2 aliphatic heterocycles. The smallest absolute Gasteiger partial charge is 0.240 e. The van der Waals surface area contributed by atoms with Gasteiger partial charge in [0.1, 0.15) is 0 Å². The molecule has 3 amide bonds. The molecule has 1 saturated carbocycles. The van der Waals surface area contributed by atoms with Crippen LogP contribution >= 0.6 is 0 Å². The number of carbonyl (C=O) groups excluding carboxylic acids is 3. The van der Waals surface area contributed by atoms with Crippen molar-refractivity contribution < 1.29 is 14.4 Å². The number of hydrogen-bond acceptors (Lipinski definition) is 4. The van der Waals surface area contributed by atoms with Gasteiger partial charge in [-0.05, 0) is 63.6 Å². The van der Waals surface area contributed by atoms with Gasteiger partial charge < -0.3 is 9.80 Å². The van der Waals surface area contributed by atoms with Crippen molar-refractivity contribution in [3.63, 3.8) is 0 Å². The molecule has 0 N–H and O–H groups in total. The average Bonchev–Trinajstić information content (AvgIpc) is 3.48. The molecule has 0 radical (unpaired) electrons. The van der Waals surface area contributed by atoms with E-state index in [2.05, 4.69) is 11.8 Å². The Balaban J connectivity index is 1.47. The molecule has 3 fully saturated rings. The topological polar surface area (TPSA) is 60.9 Å². The lowest BCUT2D eigenvalue weighted by Gasteiger charge is -2.31. The van der Waals surface area contributed by atoms with Crippen LogP contribution < -0.4 is 0 Å². The molecule has 2 saturated heterocycles. The molecule has 0 bridgehead atoms. The summed E-state index contributed by atoms with van der Waals surface area (Å²) in [5, 5.41) is 0. The van der Waals surface area contributed by atoms with Gasteiger partial charge in [0, 0.05) is 39.0 Å². The lowest BCUT2D eigenvalue weighted by molar-refractivity contribution is -0.143. The second-order valence-electron chi connectivity index (χ2n) is 10.8. The van der Waals surface area contributed by atoms with E-state index in [-0.39, 0.29) is 30.6 Å². The largest absolute Gasteiger partial charge is 0.346 e. The molecule has 1 aromatic carbocycles. The standard InChI is InChI=1S/C28H41N3O3/c1-22(30-16-9-10-17-30)15-18-29(2)25(32)19-28(24-13-7-4-8-14-24)20-26(33)31(27(28)34)21-23-11-5-3-6-12-23/h4,7-8,13-14,22-23H,3,5-6,9-12,15-21H2,1-2H3. The van der Waals surface area contributed by atoms with Crippen molar-refractivity contribution in [3.05, 3.63) is 35.9 Å². The minimum Gasteiger partial charge on any atom is -0.346 e. The number of rotatable bonds is 9. The molecule has 2 atom stereocenters. The molecule has 1 aromatic rings. The van der Waals surface area contributed by atoms with Gasteiger partial charge in [-0.3, -0.25) is 19.3 Å². The third kappa shape index (κ3) is 5.37. The maximum atomic E-state index is 13.8. The van der Waals surface area contributed by atoms with Crippen molar-refractivity contribution in [2.24, 2.45) is 5.92 Å². The first kappa shape index (κ1) is 24.9. The second-order valence-corrected chi connectivity index (χ2v) is 10.8. The fourth-order valence-electron chi connectivity index (χ4n) is 6.10. The maximum absolute atomic E-state index is 13.8. The summed E-state index contributed by atoms with van der Waals surface area (Å²) in [6.45, 7) is 5.68. The first-order valence-corrected chi connectivity index (χ1v) is 13.3. The van der Waals surface area contributed by atoms with E-state index in [0.29, 0.717) is 25.0 Å². The lowest BCUT2D eigenvalue weighted by Crippen LogP contribution is -2.44. The maximum Gasteiger partial charge on any atom is 0.240 e. The summed E-state index contributed by atoms with van der Waals surface area (Å²) in [5.41, 5.74) is -0.300. The van der Waals surface area contributed by atoms with E-state index in [1.165, 1.54) is 37.0 Å². The Morgan fingerprint density at radius 3 is 2.41 bits per heavy atom. The quantitative estimate of drug-likeness (QED) is 0.516. The molecule has 4 rings (SSSR count). The Hall–Kier alpha value is -2.21. The molecule has 6 nitrogen and oxygen atoms in total. The third-order valence-electron chi connectivity index (χ3n) is 8.43. The minimum atomic E-state index is -1.08. The van der Waals surface area contributed by atoms with Gasteiger partial charge in [0.15, 0.2) is 0 Å². The number of amides is 3. The van der Waals surface area contributed by atoms with Crippen LogP contribution in [0.4, 0.5) is 0 Å². The van der Waals surface area contributed by atoms with Crippen LogP contribution in [0.15, 0.2) is 30.3 Å². The fraction of sp³-hybridized carbons (Fsp3) is 0.679. The predicted molar refractivity (Wildman–Crippen MR) is 133 cm³/mol. The van der Waals surface area contributed by atoms with E-state index in [1.54, 1.807) is 4.90 Å². The van der Waals surface area contributed by atoms with Gasteiger partial charge in [-0.15, -0.1) is 0 Å². The molecule has 2 heterocycles. The van der Waals surface area contributed by atoms with Crippen molar-refractivity contribution in [2.75, 3.05) is 33.2 Å². The molecule has 2 unspecified atom stereocenters. The van der Waals surface area contributed by atoms with Gasteiger partial charge in [-0.1, -0.05) is 49.6 Å². The zero-order valence-electron chi connectivity index (χ0n) is 21.0. The highest BCUT2D eigenvalue weighted by Crippen LogP contribution is 2.41. The highest BCUT2D eigenvalue weighted by Gasteiger charge is 2.54. The van der Waals surface area contributed by atoms with Crippen LogP contribution in [0.2, 0.25) is 0 Å². The second kappa shape index (κ2) is 11.0. The zero-order chi connectivity index (χ0) is 24.1. The summed E-state index contributed by atoms with van der Waals surface area (Å²) in [7, 11) is 1.83. The van der Waals surface area contributed by atoms with Crippen LogP contribution in [0.25, 0.3) is 0 Å². The number of carbonyl (C=O) groups is 3. The molecule has 3 aliphatic rings. The molecule has 1 aliphatic carbocycles. The molecular formula is C28H41N3O3. The number of hydrogen-bond donors (Lipinski definition) is 0. The highest BCUT2D eigenvalue weighted by molar-refractivity contribution is 6.10. The monoisotopic (exact) mass is 467 g/mol. The van der Waals surface area contributed by atoms with E-state index in [0.717, 1.165) is 37.9 Å². The zero-order valence-corrected chi connectivity index (χ0v) is 21.0. The van der Waals surface area contributed by atoms with Gasteiger partial charge >= 0.3 is 0 Å². The van der Waals surface area contributed by atoms with Crippen LogP contribution in [0, 0.1) is 5.92 Å². The number of likely N-dealkylation sites (tertiary alicyclic amines) is 2. The van der Waals surface area contributed by atoms with Crippen molar-refractivity contribution in [3.8, 4) is 0 Å². The van der Waals surface area contributed by atoms with Crippen LogP contribution in [-0.2, 0) is 19.8 Å². The van der Waals surface area contributed by atoms with Crippen molar-refractivity contribution in [2.45, 2.75) is 82.6 Å². The minimum absolute atomic E-state index is 0.0529. The summed E-state index contributed by atoms with van der Waals surface area (Å²) in [4.78, 5) is 46.1. The Kier molecular flexibility index (Phi) is 8.07. The summed E-state index contributed by atoms with van der Waals surface area (Å²) >= 11 is 0. The Morgan fingerprint density at radius 1 is 1.06 bits per heavy atom. The van der Waals surface area contributed by atoms with Gasteiger partial charge in [0.25, 0.3) is 0 Å². The van der Waals surface area contributed by atoms with Crippen molar-refractivity contribution >= 4 is 17.7 Å². The average molecular weight is 468 g/mol. The number of benzene rings is 1. The summed E-state index contributed by atoms with van der Waals surface area (Å²) in [5.74, 6) is 0.0239. The van der Waals surface area contributed by atoms with E-state index in [4.69, 9.17) is 0 Å². The van der Waals surface area contributed by atoms with E-state index in [1.807, 2.05) is 37.4 Å². The number of imide groups is 1. The molecular weight excluding hydrogens is 426 g/mol.